The summed E-state index contributed by atoms with van der Waals surface area (Å²) in [6.45, 7) is 0.122. The molecule has 4 saturated carbocycles. The molecule has 1 N–H and O–H groups in total. The summed E-state index contributed by atoms with van der Waals surface area (Å²) in [7, 11) is 0. The van der Waals surface area contributed by atoms with Crippen molar-refractivity contribution in [2.75, 3.05) is 0 Å². The van der Waals surface area contributed by atoms with Gasteiger partial charge in [0.25, 0.3) is 0 Å². The van der Waals surface area contributed by atoms with Gasteiger partial charge in [-0.3, -0.25) is 4.79 Å². The average molecular weight is 364 g/mol. The maximum Gasteiger partial charge on any atom is 0.306 e. The fourth-order valence-corrected chi connectivity index (χ4v) is 6.54. The first kappa shape index (κ1) is 16.8. The molecule has 2 atom stereocenters. The molecule has 0 radical (unpaired) electrons. The van der Waals surface area contributed by atoms with Gasteiger partial charge >= 0.3 is 5.97 Å². The third-order valence-electron chi connectivity index (χ3n) is 6.93. The maximum absolute atomic E-state index is 12.6. The number of pyridine rings is 1. The molecule has 0 amide bonds. The summed E-state index contributed by atoms with van der Waals surface area (Å²) in [5, 5.41) is 20.3. The molecule has 4 bridgehead atoms. The van der Waals surface area contributed by atoms with Crippen LogP contribution in [0.3, 0.4) is 0 Å². The van der Waals surface area contributed by atoms with E-state index in [1.54, 1.807) is 0 Å². The molecule has 6 rings (SSSR count). The second kappa shape index (κ2) is 5.84. The number of rotatable bonds is 4. The lowest BCUT2D eigenvalue weighted by Crippen LogP contribution is -2.56. The Labute approximate surface area is 158 Å². The molecule has 0 spiro atoms. The lowest BCUT2D eigenvalue weighted by molar-refractivity contribution is -0.177. The first-order valence-electron chi connectivity index (χ1n) is 9.84. The van der Waals surface area contributed by atoms with E-state index >= 15 is 0 Å². The van der Waals surface area contributed by atoms with Gasteiger partial charge in [0, 0.05) is 18.0 Å². The zero-order valence-corrected chi connectivity index (χ0v) is 15.4. The van der Waals surface area contributed by atoms with Crippen LogP contribution in [0.5, 0.6) is 0 Å². The highest BCUT2D eigenvalue weighted by Gasteiger charge is 2.57. The van der Waals surface area contributed by atoms with Crippen molar-refractivity contribution in [3.63, 3.8) is 0 Å². The fourth-order valence-electron chi connectivity index (χ4n) is 6.54. The second-order valence-electron chi connectivity index (χ2n) is 9.16. The number of carbonyl (C=O) groups is 1. The van der Waals surface area contributed by atoms with E-state index in [9.17, 15) is 15.2 Å². The van der Waals surface area contributed by atoms with Crippen LogP contribution in [0.4, 0.5) is 0 Å². The maximum atomic E-state index is 12.6. The molecule has 0 saturated heterocycles. The number of hydrogen-bond acceptors (Lipinski definition) is 4. The summed E-state index contributed by atoms with van der Waals surface area (Å²) in [6, 6.07) is 7.91. The molecule has 140 valence electrons. The summed E-state index contributed by atoms with van der Waals surface area (Å²) in [5.74, 6) is 0.914. The molecule has 4 fully saturated rings. The van der Waals surface area contributed by atoms with Crippen molar-refractivity contribution in [1.82, 2.24) is 4.40 Å². The Morgan fingerprint density at radius 1 is 1.30 bits per heavy atom. The van der Waals surface area contributed by atoms with E-state index in [0.717, 1.165) is 43.2 Å². The Kier molecular flexibility index (Phi) is 3.64. The Bertz CT molecular complexity index is 940. The van der Waals surface area contributed by atoms with Crippen LogP contribution in [0.25, 0.3) is 5.52 Å². The van der Waals surface area contributed by atoms with Gasteiger partial charge in [0.05, 0.1) is 23.1 Å². The minimum Gasteiger partial charge on any atom is -0.461 e. The van der Waals surface area contributed by atoms with Crippen molar-refractivity contribution in [3.8, 4) is 6.07 Å². The Hall–Kier alpha value is -2.32. The molecular weight excluding hydrogens is 340 g/mol. The van der Waals surface area contributed by atoms with Gasteiger partial charge in [-0.2, -0.15) is 5.26 Å². The van der Waals surface area contributed by atoms with E-state index in [-0.39, 0.29) is 18.0 Å². The van der Waals surface area contributed by atoms with Gasteiger partial charge in [-0.25, -0.2) is 0 Å². The Morgan fingerprint density at radius 3 is 2.78 bits per heavy atom. The number of aromatic nitrogens is 1. The molecule has 2 unspecified atom stereocenters. The van der Waals surface area contributed by atoms with Crippen molar-refractivity contribution >= 4 is 11.5 Å². The molecular formula is C22H24N2O3. The summed E-state index contributed by atoms with van der Waals surface area (Å²) in [4.78, 5) is 12.6. The smallest absolute Gasteiger partial charge is 0.306 e. The quantitative estimate of drug-likeness (QED) is 0.842. The fraction of sp³-hybridized carbons (Fsp3) is 0.545. The van der Waals surface area contributed by atoms with E-state index < -0.39 is 5.60 Å². The zero-order valence-electron chi connectivity index (χ0n) is 15.4. The van der Waals surface area contributed by atoms with Crippen molar-refractivity contribution < 1.29 is 14.6 Å². The van der Waals surface area contributed by atoms with E-state index in [2.05, 4.69) is 6.07 Å². The summed E-state index contributed by atoms with van der Waals surface area (Å²) in [6.07, 6.45) is 9.97. The number of hydrogen-bond donors (Lipinski definition) is 1. The van der Waals surface area contributed by atoms with Gasteiger partial charge < -0.3 is 14.2 Å². The number of esters is 1. The monoisotopic (exact) mass is 364 g/mol. The molecule has 5 nitrogen and oxygen atoms in total. The third kappa shape index (κ3) is 2.83. The molecule has 0 aromatic carbocycles. The molecule has 4 aliphatic rings. The summed E-state index contributed by atoms with van der Waals surface area (Å²) >= 11 is 0. The number of nitrogens with zero attached hydrogens (tertiary/aromatic N) is 2. The van der Waals surface area contributed by atoms with E-state index in [0.29, 0.717) is 23.8 Å². The van der Waals surface area contributed by atoms with Gasteiger partial charge in [0.15, 0.2) is 0 Å². The Balaban J connectivity index is 1.29. The molecule has 4 aliphatic carbocycles. The van der Waals surface area contributed by atoms with Crippen molar-refractivity contribution in [2.24, 2.45) is 17.3 Å². The second-order valence-corrected chi connectivity index (χ2v) is 9.16. The van der Waals surface area contributed by atoms with Crippen LogP contribution in [-0.4, -0.2) is 21.1 Å². The zero-order chi connectivity index (χ0) is 18.6. The predicted molar refractivity (Wildman–Crippen MR) is 98.6 cm³/mol. The molecule has 2 heterocycles. The SMILES string of the molecule is N#Cc1c(COC(=O)CC23CC4CC(CC(O)(C4)C2)C3)cn2ccccc12. The van der Waals surface area contributed by atoms with Crippen LogP contribution in [0.2, 0.25) is 0 Å². The molecule has 2 aromatic rings. The van der Waals surface area contributed by atoms with Crippen molar-refractivity contribution in [3.05, 3.63) is 41.7 Å². The lowest BCUT2D eigenvalue weighted by Gasteiger charge is -2.60. The number of fused-ring (bicyclic) bond motifs is 1. The number of ether oxygens (including phenoxy) is 1. The third-order valence-corrected chi connectivity index (χ3v) is 6.93. The van der Waals surface area contributed by atoms with E-state index in [1.807, 2.05) is 35.0 Å². The lowest BCUT2D eigenvalue weighted by atomic mass is 9.47. The highest BCUT2D eigenvalue weighted by atomic mass is 16.5. The van der Waals surface area contributed by atoms with Crippen LogP contribution in [0, 0.1) is 28.6 Å². The van der Waals surface area contributed by atoms with Crippen LogP contribution in [0.15, 0.2) is 30.6 Å². The normalized spacial score (nSPS) is 33.9. The van der Waals surface area contributed by atoms with Crippen molar-refractivity contribution in [1.29, 1.82) is 5.26 Å². The van der Waals surface area contributed by atoms with Crippen LogP contribution in [0.1, 0.15) is 56.1 Å². The highest BCUT2D eigenvalue weighted by molar-refractivity contribution is 5.71. The Morgan fingerprint density at radius 2 is 2.07 bits per heavy atom. The van der Waals surface area contributed by atoms with E-state index in [1.165, 1.54) is 6.42 Å². The minimum atomic E-state index is -0.557. The molecule has 5 heteroatoms. The predicted octanol–water partition coefficient (Wildman–Crippen LogP) is 3.58. The number of aliphatic hydroxyl groups is 1. The summed E-state index contributed by atoms with van der Waals surface area (Å²) < 4.78 is 7.47. The van der Waals surface area contributed by atoms with Gasteiger partial charge in [-0.15, -0.1) is 0 Å². The molecule has 0 aliphatic heterocycles. The summed E-state index contributed by atoms with van der Waals surface area (Å²) in [5.41, 5.74) is 1.49. The van der Waals surface area contributed by atoms with E-state index in [4.69, 9.17) is 4.74 Å². The molecule has 2 aromatic heterocycles. The average Bonchev–Trinajstić information content (AvgIpc) is 2.94. The van der Waals surface area contributed by atoms with Gasteiger partial charge in [-0.1, -0.05) is 6.07 Å². The van der Waals surface area contributed by atoms with Gasteiger partial charge in [0.2, 0.25) is 0 Å². The number of nitriles is 1. The topological polar surface area (TPSA) is 74.7 Å². The largest absolute Gasteiger partial charge is 0.461 e. The first-order chi connectivity index (χ1) is 13.0. The van der Waals surface area contributed by atoms with Crippen molar-refractivity contribution in [2.45, 2.75) is 57.2 Å². The first-order valence-corrected chi connectivity index (χ1v) is 9.84. The minimum absolute atomic E-state index is 0.0839. The van der Waals surface area contributed by atoms with Crippen LogP contribution >= 0.6 is 0 Å². The van der Waals surface area contributed by atoms with Crippen LogP contribution < -0.4 is 0 Å². The van der Waals surface area contributed by atoms with Crippen LogP contribution in [-0.2, 0) is 16.1 Å². The number of carbonyl (C=O) groups excluding carboxylic acids is 1. The molecule has 27 heavy (non-hydrogen) atoms. The van der Waals surface area contributed by atoms with Gasteiger partial charge in [-0.05, 0) is 67.9 Å². The standard InChI is InChI=1S/C22H24N2O3/c23-11-18-17(12-24-4-2-1-3-19(18)24)13-27-20(25)10-21-6-15-5-16(7-21)9-22(26,8-15)14-21/h1-4,12,15-16,26H,5-10,13-14H2. The van der Waals surface area contributed by atoms with Gasteiger partial charge in [0.1, 0.15) is 12.7 Å². The highest BCUT2D eigenvalue weighted by Crippen LogP contribution is 2.62.